The zero-order valence-corrected chi connectivity index (χ0v) is 47.2. The second kappa shape index (κ2) is 26.4. The standard InChI is InChI=1S/C55H86FN7O14/c1-30-24-54(8,72-13)50(33(4)46(76-44-25-53(7,71-12)49(67)35(6)74-44)34(5)51(68)75-42(19-21-64)55(9,69)48(66)32(3)45(30)65)77-43-23-40(22-31(2)73-43)62(10)20-18-39-29-63(61-60-39)41(26-56)47(70-11)37-16-14-36(15-17-37)38-27-58-52(57)59-28-38/h14-17,27-35,40-44,46-50,64,66-67,69H,18-26H2,1-13H3,(H2,57,58,59)/t30-,31-,32+,33+,34-,35+,40+,41-,42-,43+,44+,46+,47-,48-,49+,50-,53-,54-,55-/m1/s1. The lowest BCUT2D eigenvalue weighted by Gasteiger charge is -2.49. The molecular weight excluding hydrogens is 1000 g/mol. The van der Waals surface area contributed by atoms with Crippen LogP contribution < -0.4 is 5.73 Å². The first-order valence-corrected chi connectivity index (χ1v) is 26.9. The molecule has 3 fully saturated rings. The van der Waals surface area contributed by atoms with Gasteiger partial charge in [-0.1, -0.05) is 50.3 Å². The van der Waals surface area contributed by atoms with Crippen molar-refractivity contribution in [2.24, 2.45) is 23.7 Å². The number of Topliss-reactive ketones (excluding diaryl/α,β-unsaturated/α-hetero) is 1. The number of methoxy groups -OCH3 is 3. The monoisotopic (exact) mass is 1090 g/mol. The third-order valence-electron chi connectivity index (χ3n) is 16.7. The molecule has 0 spiro atoms. The van der Waals surface area contributed by atoms with Crippen LogP contribution in [-0.2, 0) is 53.9 Å². The number of carbonyl (C=O) groups excluding carboxylic acids is 2. The van der Waals surface area contributed by atoms with Gasteiger partial charge in [-0.3, -0.25) is 9.59 Å². The smallest absolute Gasteiger partial charge is 0.311 e. The van der Waals surface area contributed by atoms with Crippen molar-refractivity contribution in [3.8, 4) is 11.1 Å². The lowest BCUT2D eigenvalue weighted by Crippen LogP contribution is -2.60. The molecule has 6 rings (SSSR count). The Bertz CT molecular complexity index is 2350. The van der Waals surface area contributed by atoms with Crippen molar-refractivity contribution in [2.75, 3.05) is 53.9 Å². The highest BCUT2D eigenvalue weighted by molar-refractivity contribution is 5.83. The Hall–Kier alpha value is -4.17. The van der Waals surface area contributed by atoms with E-state index in [4.69, 9.17) is 43.6 Å². The molecule has 3 aliphatic rings. The molecule has 0 amide bonds. The summed E-state index contributed by atoms with van der Waals surface area (Å²) in [6, 6.07) is 6.67. The third kappa shape index (κ3) is 14.2. The van der Waals surface area contributed by atoms with Gasteiger partial charge in [-0.05, 0) is 72.6 Å². The lowest BCUT2D eigenvalue weighted by molar-refractivity contribution is -0.309. The Morgan fingerprint density at radius 3 is 2.16 bits per heavy atom. The minimum absolute atomic E-state index is 0.0593. The van der Waals surface area contributed by atoms with Gasteiger partial charge in [-0.15, -0.1) is 5.10 Å². The Morgan fingerprint density at radius 2 is 1.55 bits per heavy atom. The number of benzene rings is 1. The Morgan fingerprint density at radius 1 is 0.883 bits per heavy atom. The first-order valence-electron chi connectivity index (χ1n) is 26.9. The summed E-state index contributed by atoms with van der Waals surface area (Å²) in [5.41, 5.74) is 4.22. The maximum absolute atomic E-state index is 14.9. The number of likely N-dealkylation sites (N-methyl/N-ethyl adjacent to an activating group) is 1. The molecule has 0 unspecified atom stereocenters. The van der Waals surface area contributed by atoms with Gasteiger partial charge in [0.2, 0.25) is 5.95 Å². The van der Waals surface area contributed by atoms with E-state index in [1.807, 2.05) is 52.1 Å². The summed E-state index contributed by atoms with van der Waals surface area (Å²) < 4.78 is 67.4. The first-order chi connectivity index (χ1) is 36.3. The molecule has 0 bridgehead atoms. The van der Waals surface area contributed by atoms with E-state index in [0.29, 0.717) is 31.5 Å². The molecule has 3 aromatic rings. The molecule has 22 heteroatoms. The molecule has 3 aliphatic heterocycles. The van der Waals surface area contributed by atoms with Crippen molar-refractivity contribution in [1.82, 2.24) is 29.9 Å². The molecule has 21 nitrogen and oxygen atoms in total. The maximum atomic E-state index is 14.9. The van der Waals surface area contributed by atoms with Gasteiger partial charge >= 0.3 is 5.97 Å². The fourth-order valence-corrected chi connectivity index (χ4v) is 11.7. The molecule has 19 atom stereocenters. The Balaban J connectivity index is 1.25. The van der Waals surface area contributed by atoms with E-state index < -0.39 is 121 Å². The van der Waals surface area contributed by atoms with E-state index in [0.717, 1.165) is 16.7 Å². The van der Waals surface area contributed by atoms with E-state index >= 15 is 0 Å². The quantitative estimate of drug-likeness (QED) is 0.109. The minimum Gasteiger partial charge on any atom is -0.459 e. The van der Waals surface area contributed by atoms with Crippen molar-refractivity contribution < 1.29 is 72.3 Å². The summed E-state index contributed by atoms with van der Waals surface area (Å²) in [5, 5.41) is 53.5. The normalized spacial score (nSPS) is 36.8. The number of anilines is 1. The lowest BCUT2D eigenvalue weighted by atomic mass is 9.73. The summed E-state index contributed by atoms with van der Waals surface area (Å²) in [6.45, 7) is 14.6. The molecule has 0 aliphatic carbocycles. The summed E-state index contributed by atoms with van der Waals surface area (Å²) in [4.78, 5) is 39.2. The van der Waals surface area contributed by atoms with E-state index in [9.17, 15) is 34.4 Å². The number of aliphatic hydroxyl groups excluding tert-OH is 3. The second-order valence-electron chi connectivity index (χ2n) is 22.4. The highest BCUT2D eigenvalue weighted by atomic mass is 19.1. The number of esters is 1. The molecule has 0 saturated carbocycles. The molecule has 2 aromatic heterocycles. The predicted molar refractivity (Wildman–Crippen MR) is 280 cm³/mol. The van der Waals surface area contributed by atoms with Gasteiger partial charge in [0.15, 0.2) is 12.6 Å². The minimum atomic E-state index is -2.15. The molecule has 1 aromatic carbocycles. The van der Waals surface area contributed by atoms with Crippen LogP contribution in [0.1, 0.15) is 118 Å². The van der Waals surface area contributed by atoms with Crippen LogP contribution in [0.2, 0.25) is 0 Å². The third-order valence-corrected chi connectivity index (χ3v) is 16.7. The largest absolute Gasteiger partial charge is 0.459 e. The summed E-state index contributed by atoms with van der Waals surface area (Å²) >= 11 is 0. The fourth-order valence-electron chi connectivity index (χ4n) is 11.7. The van der Waals surface area contributed by atoms with E-state index in [2.05, 4.69) is 25.2 Å². The Kier molecular flexibility index (Phi) is 21.3. The number of ether oxygens (including phenoxy) is 8. The number of aromatic nitrogens is 5. The number of hydrogen-bond donors (Lipinski definition) is 5. The number of nitrogen functional groups attached to an aromatic ring is 1. The van der Waals surface area contributed by atoms with Gasteiger partial charge in [0, 0.05) is 108 Å². The molecule has 77 heavy (non-hydrogen) atoms. The summed E-state index contributed by atoms with van der Waals surface area (Å²) in [7, 11) is 6.56. The fraction of sp³-hybridized carbons (Fsp3) is 0.745. The molecule has 3 saturated heterocycles. The SMILES string of the molecule is CO[C@H](c1ccc(-c2cnc(N)nc2)cc1)[C@@H](CF)n1cc(CCN(C)[C@@H]2C[C@H](O[C@@H]3[C@@H](C)[C@H](O[C@H]4C[C@@](C)(OC)[C@@H](O)[C@H](C)O4)[C@@H](C)C(=O)O[C@H](CCO)[C@@](C)(O)[C@H](O)[C@@H](C)C(=O)[C@H](C)C[C@@]3(C)OC)O[C@H](C)C2)nn1. The topological polar surface area (TPSA) is 275 Å². The zero-order chi connectivity index (χ0) is 56.7. The van der Waals surface area contributed by atoms with Crippen LogP contribution in [0.15, 0.2) is 42.9 Å². The molecule has 5 heterocycles. The molecule has 432 valence electrons. The zero-order valence-electron chi connectivity index (χ0n) is 47.2. The van der Waals surface area contributed by atoms with Gasteiger partial charge < -0.3 is 69.0 Å². The van der Waals surface area contributed by atoms with Crippen molar-refractivity contribution in [3.05, 3.63) is 54.1 Å². The molecule has 0 radical (unpaired) electrons. The number of nitrogens with zero attached hydrogens (tertiary/aromatic N) is 6. The van der Waals surface area contributed by atoms with Crippen molar-refractivity contribution in [2.45, 2.75) is 191 Å². The van der Waals surface area contributed by atoms with Crippen molar-refractivity contribution in [3.63, 3.8) is 0 Å². The van der Waals surface area contributed by atoms with E-state index in [1.165, 1.54) is 39.9 Å². The molecular formula is C55H86FN7O14. The van der Waals surface area contributed by atoms with Crippen LogP contribution in [0.3, 0.4) is 0 Å². The van der Waals surface area contributed by atoms with Crippen LogP contribution in [0, 0.1) is 23.7 Å². The number of rotatable bonds is 18. The number of nitrogens with two attached hydrogens (primary N) is 1. The van der Waals surface area contributed by atoms with Crippen LogP contribution >= 0.6 is 0 Å². The van der Waals surface area contributed by atoms with Gasteiger partial charge in [0.1, 0.15) is 42.4 Å². The maximum Gasteiger partial charge on any atom is 0.311 e. The number of carbonyl (C=O) groups is 2. The Labute approximate surface area is 452 Å². The number of hydrogen-bond acceptors (Lipinski definition) is 20. The van der Waals surface area contributed by atoms with Gasteiger partial charge in [0.25, 0.3) is 0 Å². The van der Waals surface area contributed by atoms with Crippen LogP contribution in [0.25, 0.3) is 11.1 Å². The average molecular weight is 1090 g/mol. The van der Waals surface area contributed by atoms with E-state index in [-0.39, 0.29) is 43.1 Å². The number of alkyl halides is 1. The van der Waals surface area contributed by atoms with Gasteiger partial charge in [0.05, 0.1) is 53.3 Å². The summed E-state index contributed by atoms with van der Waals surface area (Å²) in [6.07, 6.45) is -3.11. The predicted octanol–water partition coefficient (Wildman–Crippen LogP) is 4.58. The summed E-state index contributed by atoms with van der Waals surface area (Å²) in [5.74, 6) is -4.73. The van der Waals surface area contributed by atoms with Crippen molar-refractivity contribution in [1.29, 1.82) is 0 Å². The number of halogens is 1. The van der Waals surface area contributed by atoms with Crippen LogP contribution in [0.5, 0.6) is 0 Å². The van der Waals surface area contributed by atoms with Crippen LogP contribution in [-0.4, -0.2) is 188 Å². The first kappa shape index (κ1) is 62.0. The highest BCUT2D eigenvalue weighted by Gasteiger charge is 2.53. The number of aliphatic hydroxyl groups is 4. The van der Waals surface area contributed by atoms with Crippen molar-refractivity contribution >= 4 is 17.7 Å². The second-order valence-corrected chi connectivity index (χ2v) is 22.4. The van der Waals surface area contributed by atoms with E-state index in [1.54, 1.807) is 46.3 Å². The van der Waals surface area contributed by atoms with Gasteiger partial charge in [-0.2, -0.15) is 0 Å². The highest BCUT2D eigenvalue weighted by Crippen LogP contribution is 2.42. The van der Waals surface area contributed by atoms with Crippen LogP contribution in [0.4, 0.5) is 10.3 Å². The van der Waals surface area contributed by atoms with Gasteiger partial charge in [-0.25, -0.2) is 19.0 Å². The number of ketones is 1. The average Bonchev–Trinajstić information content (AvgIpc) is 3.89. The number of cyclic esters (lactones) is 1. The molecule has 6 N–H and O–H groups in total.